The van der Waals surface area contributed by atoms with E-state index in [0.29, 0.717) is 24.6 Å². The molecular weight excluding hydrogens is 274 g/mol. The predicted molar refractivity (Wildman–Crippen MR) is 74.3 cm³/mol. The molecule has 7 heteroatoms. The maximum absolute atomic E-state index is 11.8. The minimum atomic E-state index is -1.08. The molecule has 7 nitrogen and oxygen atoms in total. The topological polar surface area (TPSA) is 92.6 Å². The quantitative estimate of drug-likeness (QED) is 0.894. The van der Waals surface area contributed by atoms with Gasteiger partial charge in [0.05, 0.1) is 5.92 Å². The van der Waals surface area contributed by atoms with Gasteiger partial charge in [-0.15, -0.1) is 0 Å². The van der Waals surface area contributed by atoms with Gasteiger partial charge in [-0.05, 0) is 33.8 Å². The first kappa shape index (κ1) is 15.2. The lowest BCUT2D eigenvalue weighted by Gasteiger charge is -2.38. The van der Waals surface area contributed by atoms with E-state index < -0.39 is 11.6 Å². The number of carboxylic acid groups (broad SMARTS) is 1. The molecule has 2 rings (SSSR count). The van der Waals surface area contributed by atoms with Crippen molar-refractivity contribution in [1.29, 1.82) is 0 Å². The summed E-state index contributed by atoms with van der Waals surface area (Å²) in [5.41, 5.74) is 0.0553. The number of carbonyl (C=O) groups excluding carboxylic acids is 1. The zero-order chi connectivity index (χ0) is 15.8. The Balaban J connectivity index is 2.02. The maximum atomic E-state index is 11.8. The number of aromatic nitrogens is 2. The third kappa shape index (κ3) is 3.68. The molecule has 0 saturated carbocycles. The van der Waals surface area contributed by atoms with E-state index in [1.165, 1.54) is 6.07 Å². The Morgan fingerprint density at radius 3 is 2.48 bits per heavy atom. The molecule has 0 atom stereocenters. The van der Waals surface area contributed by atoms with E-state index >= 15 is 0 Å². The molecule has 0 aromatic carbocycles. The molecule has 1 aromatic heterocycles. The number of ether oxygens (including phenoxy) is 1. The molecule has 2 heterocycles. The number of carboxylic acids is 1. The average Bonchev–Trinajstić information content (AvgIpc) is 2.23. The smallest absolute Gasteiger partial charge is 0.410 e. The highest BCUT2D eigenvalue weighted by Gasteiger charge is 2.36. The van der Waals surface area contributed by atoms with Crippen molar-refractivity contribution in [2.75, 3.05) is 13.1 Å². The molecular formula is C14H19N3O4. The summed E-state index contributed by atoms with van der Waals surface area (Å²) in [7, 11) is 0. The molecule has 0 bridgehead atoms. The largest absolute Gasteiger partial charge is 0.477 e. The predicted octanol–water partition coefficient (Wildman–Crippen LogP) is 1.82. The van der Waals surface area contributed by atoms with Crippen molar-refractivity contribution >= 4 is 12.1 Å². The molecule has 1 amide bonds. The van der Waals surface area contributed by atoms with E-state index in [4.69, 9.17) is 9.84 Å². The summed E-state index contributed by atoms with van der Waals surface area (Å²) in [6.45, 7) is 8.04. The summed E-state index contributed by atoms with van der Waals surface area (Å²) in [4.78, 5) is 32.7. The number of aromatic carboxylic acids is 1. The van der Waals surface area contributed by atoms with Crippen LogP contribution < -0.4 is 0 Å². The van der Waals surface area contributed by atoms with Gasteiger partial charge in [-0.1, -0.05) is 0 Å². The highest BCUT2D eigenvalue weighted by atomic mass is 16.6. The zero-order valence-corrected chi connectivity index (χ0v) is 12.6. The van der Waals surface area contributed by atoms with Gasteiger partial charge in [0, 0.05) is 18.8 Å². The lowest BCUT2D eigenvalue weighted by atomic mass is 9.99. The second kappa shape index (κ2) is 5.31. The van der Waals surface area contributed by atoms with E-state index in [0.717, 1.165) is 0 Å². The molecule has 1 aliphatic heterocycles. The fourth-order valence-electron chi connectivity index (χ4n) is 2.00. The number of aryl methyl sites for hydroxylation is 1. The van der Waals surface area contributed by atoms with Crippen LogP contribution in [0.4, 0.5) is 4.79 Å². The van der Waals surface area contributed by atoms with Gasteiger partial charge in [0.1, 0.15) is 11.4 Å². The van der Waals surface area contributed by atoms with Gasteiger partial charge >= 0.3 is 12.1 Å². The molecule has 0 spiro atoms. The Hall–Kier alpha value is -2.18. The third-order valence-electron chi connectivity index (χ3n) is 2.99. The van der Waals surface area contributed by atoms with Gasteiger partial charge in [-0.3, -0.25) is 0 Å². The highest BCUT2D eigenvalue weighted by molar-refractivity contribution is 5.85. The molecule has 1 fully saturated rings. The van der Waals surface area contributed by atoms with Crippen LogP contribution in [0.2, 0.25) is 0 Å². The summed E-state index contributed by atoms with van der Waals surface area (Å²) in [5, 5.41) is 9.00. The zero-order valence-electron chi connectivity index (χ0n) is 12.6. The number of hydrogen-bond acceptors (Lipinski definition) is 5. The van der Waals surface area contributed by atoms with Crippen molar-refractivity contribution in [1.82, 2.24) is 14.9 Å². The minimum absolute atomic E-state index is 0.0202. The van der Waals surface area contributed by atoms with Gasteiger partial charge < -0.3 is 14.7 Å². The second-order valence-electron chi connectivity index (χ2n) is 6.14. The van der Waals surface area contributed by atoms with Crippen LogP contribution in [0.5, 0.6) is 0 Å². The van der Waals surface area contributed by atoms with Crippen LogP contribution >= 0.6 is 0 Å². The van der Waals surface area contributed by atoms with Crippen LogP contribution in [-0.4, -0.2) is 50.7 Å². The number of nitrogens with zero attached hydrogens (tertiary/aromatic N) is 3. The molecule has 0 unspecified atom stereocenters. The fourth-order valence-corrected chi connectivity index (χ4v) is 2.00. The molecule has 1 N–H and O–H groups in total. The number of hydrogen-bond donors (Lipinski definition) is 1. The Labute approximate surface area is 123 Å². The number of rotatable bonds is 2. The molecule has 1 saturated heterocycles. The van der Waals surface area contributed by atoms with E-state index in [-0.39, 0.29) is 17.7 Å². The molecule has 1 aromatic rings. The van der Waals surface area contributed by atoms with Crippen molar-refractivity contribution in [3.8, 4) is 0 Å². The van der Waals surface area contributed by atoms with E-state index in [2.05, 4.69) is 9.97 Å². The van der Waals surface area contributed by atoms with Gasteiger partial charge in [0.2, 0.25) is 0 Å². The lowest BCUT2D eigenvalue weighted by molar-refractivity contribution is 0.00743. The minimum Gasteiger partial charge on any atom is -0.477 e. The molecule has 1 aliphatic rings. The van der Waals surface area contributed by atoms with Crippen molar-refractivity contribution in [2.24, 2.45) is 0 Å². The van der Waals surface area contributed by atoms with Crippen LogP contribution in [0.25, 0.3) is 0 Å². The van der Waals surface area contributed by atoms with E-state index in [1.54, 1.807) is 11.8 Å². The van der Waals surface area contributed by atoms with Gasteiger partial charge in [0.15, 0.2) is 5.69 Å². The molecule has 0 radical (unpaired) electrons. The Kier molecular flexibility index (Phi) is 3.85. The highest BCUT2D eigenvalue weighted by Crippen LogP contribution is 2.26. The summed E-state index contributed by atoms with van der Waals surface area (Å²) in [6.07, 6.45) is -0.370. The third-order valence-corrected chi connectivity index (χ3v) is 2.99. The molecule has 114 valence electrons. The Bertz CT molecular complexity index is 574. The standard InChI is InChI=1S/C14H19N3O4/c1-8-5-10(12(18)19)16-11(15-8)9-6-17(7-9)13(20)21-14(2,3)4/h5,9H,6-7H2,1-4H3,(H,18,19). The first-order valence-electron chi connectivity index (χ1n) is 6.72. The van der Waals surface area contributed by atoms with E-state index in [1.807, 2.05) is 20.8 Å². The second-order valence-corrected chi connectivity index (χ2v) is 6.14. The normalized spacial score (nSPS) is 15.5. The number of carbonyl (C=O) groups is 2. The monoisotopic (exact) mass is 293 g/mol. The van der Waals surface area contributed by atoms with Crippen LogP contribution in [0, 0.1) is 6.92 Å². The van der Waals surface area contributed by atoms with Crippen LogP contribution in [0.1, 0.15) is 48.7 Å². The lowest BCUT2D eigenvalue weighted by Crippen LogP contribution is -2.50. The van der Waals surface area contributed by atoms with Crippen LogP contribution in [-0.2, 0) is 4.74 Å². The summed E-state index contributed by atoms with van der Waals surface area (Å²) < 4.78 is 5.26. The maximum Gasteiger partial charge on any atom is 0.410 e. The van der Waals surface area contributed by atoms with Gasteiger partial charge in [-0.2, -0.15) is 0 Å². The van der Waals surface area contributed by atoms with Crippen molar-refractivity contribution in [3.05, 3.63) is 23.3 Å². The van der Waals surface area contributed by atoms with Gasteiger partial charge in [-0.25, -0.2) is 19.6 Å². The number of likely N-dealkylation sites (tertiary alicyclic amines) is 1. The molecule has 0 aliphatic carbocycles. The Morgan fingerprint density at radius 1 is 1.33 bits per heavy atom. The first-order chi connectivity index (χ1) is 9.65. The van der Waals surface area contributed by atoms with Crippen molar-refractivity contribution in [3.63, 3.8) is 0 Å². The van der Waals surface area contributed by atoms with Crippen LogP contribution in [0.3, 0.4) is 0 Å². The van der Waals surface area contributed by atoms with Crippen molar-refractivity contribution in [2.45, 2.75) is 39.2 Å². The average molecular weight is 293 g/mol. The molecule has 21 heavy (non-hydrogen) atoms. The number of amides is 1. The Morgan fingerprint density at radius 2 is 1.95 bits per heavy atom. The summed E-state index contributed by atoms with van der Waals surface area (Å²) in [5.74, 6) is -0.659. The fraction of sp³-hybridized carbons (Fsp3) is 0.571. The van der Waals surface area contributed by atoms with Crippen LogP contribution in [0.15, 0.2) is 6.07 Å². The van der Waals surface area contributed by atoms with Crippen molar-refractivity contribution < 1.29 is 19.4 Å². The summed E-state index contributed by atoms with van der Waals surface area (Å²) >= 11 is 0. The summed E-state index contributed by atoms with van der Waals surface area (Å²) in [6, 6.07) is 1.43. The SMILES string of the molecule is Cc1cc(C(=O)O)nc(C2CN(C(=O)OC(C)(C)C)C2)n1. The van der Waals surface area contributed by atoms with E-state index in [9.17, 15) is 9.59 Å². The first-order valence-corrected chi connectivity index (χ1v) is 6.72. The van der Waals surface area contributed by atoms with Gasteiger partial charge in [0.25, 0.3) is 0 Å².